The zero-order valence-electron chi connectivity index (χ0n) is 14.4. The van der Waals surface area contributed by atoms with Gasteiger partial charge >= 0.3 is 0 Å². The fourth-order valence-electron chi connectivity index (χ4n) is 2.65. The molecule has 0 aliphatic carbocycles. The minimum Gasteiger partial charge on any atom is -0.355 e. The monoisotopic (exact) mass is 325 g/mol. The van der Waals surface area contributed by atoms with Gasteiger partial charge in [0.15, 0.2) is 0 Å². The second kappa shape index (κ2) is 10.6. The zero-order chi connectivity index (χ0) is 17.0. The van der Waals surface area contributed by atoms with E-state index in [9.17, 15) is 4.79 Å². The van der Waals surface area contributed by atoms with Crippen molar-refractivity contribution in [3.63, 3.8) is 0 Å². The number of likely N-dealkylation sites (N-methyl/N-ethyl adjacent to an activating group) is 1. The first-order valence-electron chi connectivity index (χ1n) is 8.49. The normalized spacial score (nSPS) is 10.8. The maximum absolute atomic E-state index is 11.5. The molecular formula is C20H27N3O. The molecule has 0 unspecified atom stereocenters. The van der Waals surface area contributed by atoms with Crippen molar-refractivity contribution in [1.29, 1.82) is 0 Å². The Morgan fingerprint density at radius 3 is 1.96 bits per heavy atom. The van der Waals surface area contributed by atoms with Gasteiger partial charge in [0.1, 0.15) is 0 Å². The molecule has 2 aromatic carbocycles. The van der Waals surface area contributed by atoms with Crippen LogP contribution in [0.3, 0.4) is 0 Å². The summed E-state index contributed by atoms with van der Waals surface area (Å²) in [6, 6.07) is 21.0. The van der Waals surface area contributed by atoms with Gasteiger partial charge in [-0.2, -0.15) is 0 Å². The highest BCUT2D eigenvalue weighted by Crippen LogP contribution is 2.10. The maximum Gasteiger partial charge on any atom is 0.233 e. The van der Waals surface area contributed by atoms with E-state index in [-0.39, 0.29) is 5.91 Å². The largest absolute Gasteiger partial charge is 0.355 e. The van der Waals surface area contributed by atoms with Crippen molar-refractivity contribution >= 4 is 5.91 Å². The second-order valence-corrected chi connectivity index (χ2v) is 5.92. The minimum absolute atomic E-state index is 0.0511. The van der Waals surface area contributed by atoms with E-state index in [4.69, 9.17) is 0 Å². The third-order valence-corrected chi connectivity index (χ3v) is 3.81. The van der Waals surface area contributed by atoms with Gasteiger partial charge in [0.2, 0.25) is 5.91 Å². The van der Waals surface area contributed by atoms with E-state index in [1.54, 1.807) is 7.05 Å². The smallest absolute Gasteiger partial charge is 0.233 e. The Bertz CT molecular complexity index is 545. The number of hydrogen-bond donors (Lipinski definition) is 2. The molecule has 2 aromatic rings. The third-order valence-electron chi connectivity index (χ3n) is 3.81. The molecular weight excluding hydrogens is 298 g/mol. The highest BCUT2D eigenvalue weighted by Gasteiger charge is 2.07. The predicted molar refractivity (Wildman–Crippen MR) is 98.6 cm³/mol. The quantitative estimate of drug-likeness (QED) is 0.659. The summed E-state index contributed by atoms with van der Waals surface area (Å²) in [6.07, 6.45) is 0.940. The van der Waals surface area contributed by atoms with Crippen LogP contribution in [0.4, 0.5) is 0 Å². The van der Waals surface area contributed by atoms with Crippen LogP contribution in [0.2, 0.25) is 0 Å². The van der Waals surface area contributed by atoms with E-state index >= 15 is 0 Å². The number of nitrogens with one attached hydrogen (secondary N) is 2. The molecule has 0 saturated carbocycles. The molecule has 0 heterocycles. The van der Waals surface area contributed by atoms with Crippen molar-refractivity contribution in [3.05, 3.63) is 71.8 Å². The molecule has 0 aliphatic heterocycles. The summed E-state index contributed by atoms with van der Waals surface area (Å²) in [5, 5.41) is 5.80. The second-order valence-electron chi connectivity index (χ2n) is 5.92. The van der Waals surface area contributed by atoms with Crippen LogP contribution in [-0.4, -0.2) is 37.5 Å². The molecule has 1 amide bonds. The fourth-order valence-corrected chi connectivity index (χ4v) is 2.65. The SMILES string of the molecule is CNCC(=O)NCCCN(Cc1ccccc1)Cc1ccccc1. The van der Waals surface area contributed by atoms with E-state index in [0.29, 0.717) is 13.1 Å². The fraction of sp³-hybridized carbons (Fsp3) is 0.350. The maximum atomic E-state index is 11.5. The Kier molecular flexibility index (Phi) is 8.01. The van der Waals surface area contributed by atoms with Gasteiger partial charge in [-0.1, -0.05) is 60.7 Å². The first-order valence-corrected chi connectivity index (χ1v) is 8.49. The number of benzene rings is 2. The lowest BCUT2D eigenvalue weighted by Gasteiger charge is -2.22. The van der Waals surface area contributed by atoms with Gasteiger partial charge in [-0.3, -0.25) is 9.69 Å². The first-order chi connectivity index (χ1) is 11.8. The lowest BCUT2D eigenvalue weighted by molar-refractivity contribution is -0.120. The van der Waals surface area contributed by atoms with E-state index in [1.165, 1.54) is 11.1 Å². The lowest BCUT2D eigenvalue weighted by atomic mass is 10.1. The number of rotatable bonds is 10. The van der Waals surface area contributed by atoms with Gasteiger partial charge in [-0.25, -0.2) is 0 Å². The molecule has 2 N–H and O–H groups in total. The van der Waals surface area contributed by atoms with Crippen molar-refractivity contribution in [2.24, 2.45) is 0 Å². The summed E-state index contributed by atoms with van der Waals surface area (Å²) in [7, 11) is 1.78. The van der Waals surface area contributed by atoms with Crippen LogP contribution < -0.4 is 10.6 Å². The zero-order valence-corrected chi connectivity index (χ0v) is 14.4. The van der Waals surface area contributed by atoms with Crippen molar-refractivity contribution in [3.8, 4) is 0 Å². The molecule has 0 saturated heterocycles. The summed E-state index contributed by atoms with van der Waals surface area (Å²) in [5.41, 5.74) is 2.63. The molecule has 0 radical (unpaired) electrons. The van der Waals surface area contributed by atoms with Crippen molar-refractivity contribution in [1.82, 2.24) is 15.5 Å². The van der Waals surface area contributed by atoms with Crippen molar-refractivity contribution < 1.29 is 4.79 Å². The number of carbonyl (C=O) groups is 1. The van der Waals surface area contributed by atoms with Gasteiger partial charge in [0.25, 0.3) is 0 Å². The average Bonchev–Trinajstić information content (AvgIpc) is 2.61. The minimum atomic E-state index is 0.0511. The number of amides is 1. The molecule has 2 rings (SSSR count). The van der Waals surface area contributed by atoms with Crippen LogP contribution >= 0.6 is 0 Å². The average molecular weight is 325 g/mol. The Balaban J connectivity index is 1.86. The summed E-state index contributed by atoms with van der Waals surface area (Å²) in [6.45, 7) is 3.86. The van der Waals surface area contributed by atoms with Crippen molar-refractivity contribution in [2.45, 2.75) is 19.5 Å². The number of carbonyl (C=O) groups excluding carboxylic acids is 1. The number of hydrogen-bond acceptors (Lipinski definition) is 3. The summed E-state index contributed by atoms with van der Waals surface area (Å²) < 4.78 is 0. The predicted octanol–water partition coefficient (Wildman–Crippen LogP) is 2.41. The van der Waals surface area contributed by atoms with Gasteiger partial charge in [0.05, 0.1) is 6.54 Å². The number of nitrogens with zero attached hydrogens (tertiary/aromatic N) is 1. The molecule has 0 aromatic heterocycles. The van der Waals surface area contributed by atoms with Gasteiger partial charge in [-0.15, -0.1) is 0 Å². The Morgan fingerprint density at radius 2 is 1.46 bits per heavy atom. The van der Waals surface area contributed by atoms with Crippen LogP contribution in [0.1, 0.15) is 17.5 Å². The third kappa shape index (κ3) is 6.94. The van der Waals surface area contributed by atoms with Gasteiger partial charge < -0.3 is 10.6 Å². The summed E-state index contributed by atoms with van der Waals surface area (Å²) in [5.74, 6) is 0.0511. The van der Waals surface area contributed by atoms with Crippen molar-refractivity contribution in [2.75, 3.05) is 26.7 Å². The van der Waals surface area contributed by atoms with Crippen LogP contribution in [0.15, 0.2) is 60.7 Å². The van der Waals surface area contributed by atoms with Crippen LogP contribution in [0.25, 0.3) is 0 Å². The molecule has 4 nitrogen and oxygen atoms in total. The molecule has 128 valence electrons. The standard InChI is InChI=1S/C20H27N3O/c1-21-15-20(24)22-13-8-14-23(16-18-9-4-2-5-10-18)17-19-11-6-3-7-12-19/h2-7,9-12,21H,8,13-17H2,1H3,(H,22,24). The van der Waals surface area contributed by atoms with Gasteiger partial charge in [0, 0.05) is 26.2 Å². The Hall–Kier alpha value is -2.17. The highest BCUT2D eigenvalue weighted by atomic mass is 16.1. The Labute approximate surface area is 144 Å². The van der Waals surface area contributed by atoms with Crippen LogP contribution in [0.5, 0.6) is 0 Å². The summed E-state index contributed by atoms with van der Waals surface area (Å²) in [4.78, 5) is 13.9. The summed E-state index contributed by atoms with van der Waals surface area (Å²) >= 11 is 0. The molecule has 4 heteroatoms. The molecule has 0 spiro atoms. The topological polar surface area (TPSA) is 44.4 Å². The van der Waals surface area contributed by atoms with Crippen LogP contribution in [0, 0.1) is 0 Å². The highest BCUT2D eigenvalue weighted by molar-refractivity contribution is 5.77. The first kappa shape index (κ1) is 18.2. The molecule has 0 fully saturated rings. The molecule has 0 bridgehead atoms. The van der Waals surface area contributed by atoms with E-state index in [0.717, 1.165) is 26.1 Å². The van der Waals surface area contributed by atoms with E-state index in [2.05, 4.69) is 64.1 Å². The lowest BCUT2D eigenvalue weighted by Crippen LogP contribution is -2.34. The van der Waals surface area contributed by atoms with E-state index in [1.807, 2.05) is 12.1 Å². The molecule has 0 aliphatic rings. The molecule has 24 heavy (non-hydrogen) atoms. The van der Waals surface area contributed by atoms with Crippen LogP contribution in [-0.2, 0) is 17.9 Å². The van der Waals surface area contributed by atoms with E-state index < -0.39 is 0 Å². The molecule has 0 atom stereocenters. The van der Waals surface area contributed by atoms with Gasteiger partial charge in [-0.05, 0) is 24.6 Å². The Morgan fingerprint density at radius 1 is 0.917 bits per heavy atom.